The van der Waals surface area contributed by atoms with Crippen molar-refractivity contribution in [1.82, 2.24) is 9.97 Å². The Balaban J connectivity index is 1.75. The number of H-pyrrole nitrogens is 1. The number of hydrogen-bond acceptors (Lipinski definition) is 5. The van der Waals surface area contributed by atoms with Crippen LogP contribution in [-0.4, -0.2) is 29.2 Å². The average molecular weight is 439 g/mol. The molecule has 0 aliphatic rings. The van der Waals surface area contributed by atoms with Crippen molar-refractivity contribution in [3.63, 3.8) is 0 Å². The number of nitrogens with zero attached hydrogens (tertiary/aromatic N) is 1. The molecular formula is C24H23ClN2O4. The van der Waals surface area contributed by atoms with Crippen LogP contribution in [0.15, 0.2) is 48.7 Å². The Labute approximate surface area is 185 Å². The lowest BCUT2D eigenvalue weighted by Gasteiger charge is -2.12. The SMILES string of the molecule is COCc1c(C(=O)OC(C)C)ncc2[nH]c3ccc(OCc4ccc(Cl)cc4)cc3c12. The predicted octanol–water partition coefficient (Wildman–Crippen LogP) is 5.66. The molecule has 2 aromatic heterocycles. The van der Waals surface area contributed by atoms with Gasteiger partial charge in [0.15, 0.2) is 5.69 Å². The summed E-state index contributed by atoms with van der Waals surface area (Å²) < 4.78 is 16.8. The van der Waals surface area contributed by atoms with Gasteiger partial charge >= 0.3 is 5.97 Å². The normalized spacial score (nSPS) is 11.4. The third-order valence-electron chi connectivity index (χ3n) is 4.85. The number of carbonyl (C=O) groups excluding carboxylic acids is 1. The van der Waals surface area contributed by atoms with Crippen molar-refractivity contribution in [3.05, 3.63) is 70.5 Å². The highest BCUT2D eigenvalue weighted by Gasteiger charge is 2.21. The number of hydrogen-bond donors (Lipinski definition) is 1. The van der Waals surface area contributed by atoms with Gasteiger partial charge in [0.05, 0.1) is 24.4 Å². The number of benzene rings is 2. The van der Waals surface area contributed by atoms with E-state index in [2.05, 4.69) is 9.97 Å². The van der Waals surface area contributed by atoms with E-state index in [1.165, 1.54) is 0 Å². The van der Waals surface area contributed by atoms with Crippen molar-refractivity contribution < 1.29 is 19.0 Å². The van der Waals surface area contributed by atoms with Crippen molar-refractivity contribution in [2.24, 2.45) is 0 Å². The van der Waals surface area contributed by atoms with Gasteiger partial charge in [0, 0.05) is 34.0 Å². The number of ether oxygens (including phenoxy) is 3. The first-order valence-electron chi connectivity index (χ1n) is 9.96. The number of aromatic amines is 1. The second-order valence-electron chi connectivity index (χ2n) is 7.51. The lowest BCUT2D eigenvalue weighted by atomic mass is 10.1. The van der Waals surface area contributed by atoms with Crippen molar-refractivity contribution in [2.75, 3.05) is 7.11 Å². The number of rotatable bonds is 7. The maximum Gasteiger partial charge on any atom is 0.357 e. The van der Waals surface area contributed by atoms with Crippen LogP contribution in [0.2, 0.25) is 5.02 Å². The Kier molecular flexibility index (Phi) is 6.11. The van der Waals surface area contributed by atoms with Crippen LogP contribution in [0.4, 0.5) is 0 Å². The Hall–Kier alpha value is -3.09. The minimum absolute atomic E-state index is 0.232. The molecule has 4 aromatic rings. The van der Waals surface area contributed by atoms with Crippen LogP contribution in [0.1, 0.15) is 35.5 Å². The van der Waals surface area contributed by atoms with Gasteiger partial charge in [-0.2, -0.15) is 0 Å². The van der Waals surface area contributed by atoms with Gasteiger partial charge < -0.3 is 19.2 Å². The molecule has 1 N–H and O–H groups in total. The van der Waals surface area contributed by atoms with E-state index in [0.717, 1.165) is 33.1 Å². The molecule has 2 aromatic carbocycles. The number of esters is 1. The molecule has 0 aliphatic carbocycles. The van der Waals surface area contributed by atoms with Gasteiger partial charge in [-0.1, -0.05) is 23.7 Å². The Morgan fingerprint density at radius 2 is 1.87 bits per heavy atom. The fourth-order valence-corrected chi connectivity index (χ4v) is 3.63. The fourth-order valence-electron chi connectivity index (χ4n) is 3.51. The first-order valence-corrected chi connectivity index (χ1v) is 10.3. The maximum atomic E-state index is 12.6. The minimum atomic E-state index is -0.464. The Morgan fingerprint density at radius 3 is 2.58 bits per heavy atom. The number of halogens is 1. The summed E-state index contributed by atoms with van der Waals surface area (Å²) in [6.45, 7) is 4.27. The van der Waals surface area contributed by atoms with E-state index < -0.39 is 5.97 Å². The van der Waals surface area contributed by atoms with E-state index in [0.29, 0.717) is 17.2 Å². The molecule has 0 spiro atoms. The van der Waals surface area contributed by atoms with Crippen molar-refractivity contribution in [1.29, 1.82) is 0 Å². The van der Waals surface area contributed by atoms with Gasteiger partial charge in [0.1, 0.15) is 12.4 Å². The lowest BCUT2D eigenvalue weighted by Crippen LogP contribution is -2.15. The fraction of sp³-hybridized carbons (Fsp3) is 0.250. The van der Waals surface area contributed by atoms with E-state index in [4.69, 9.17) is 25.8 Å². The molecule has 0 fully saturated rings. The minimum Gasteiger partial charge on any atom is -0.489 e. The van der Waals surface area contributed by atoms with Crippen molar-refractivity contribution >= 4 is 39.4 Å². The Bertz CT molecular complexity index is 1230. The quantitative estimate of drug-likeness (QED) is 0.377. The molecule has 7 heteroatoms. The predicted molar refractivity (Wildman–Crippen MR) is 121 cm³/mol. The van der Waals surface area contributed by atoms with Crippen LogP contribution in [0.3, 0.4) is 0 Å². The molecule has 0 amide bonds. The molecule has 4 rings (SSSR count). The number of fused-ring (bicyclic) bond motifs is 3. The summed E-state index contributed by atoms with van der Waals surface area (Å²) in [5.74, 6) is 0.253. The highest BCUT2D eigenvalue weighted by atomic mass is 35.5. The average Bonchev–Trinajstić information content (AvgIpc) is 3.11. The van der Waals surface area contributed by atoms with E-state index in [1.807, 2.05) is 56.3 Å². The van der Waals surface area contributed by atoms with Gasteiger partial charge in [-0.3, -0.25) is 0 Å². The number of methoxy groups -OCH3 is 1. The second-order valence-corrected chi connectivity index (χ2v) is 7.95. The van der Waals surface area contributed by atoms with Gasteiger partial charge in [-0.25, -0.2) is 9.78 Å². The zero-order chi connectivity index (χ0) is 22.0. The molecule has 0 aliphatic heterocycles. The maximum absolute atomic E-state index is 12.6. The number of aromatic nitrogens is 2. The summed E-state index contributed by atoms with van der Waals surface area (Å²) in [6.07, 6.45) is 1.41. The van der Waals surface area contributed by atoms with Gasteiger partial charge in [-0.15, -0.1) is 0 Å². The molecule has 0 bridgehead atoms. The summed E-state index contributed by atoms with van der Waals surface area (Å²) in [6, 6.07) is 13.4. The van der Waals surface area contributed by atoms with E-state index in [-0.39, 0.29) is 18.4 Å². The molecule has 0 saturated carbocycles. The first-order chi connectivity index (χ1) is 15.0. The highest BCUT2D eigenvalue weighted by molar-refractivity contribution is 6.30. The molecule has 6 nitrogen and oxygen atoms in total. The topological polar surface area (TPSA) is 73.4 Å². The molecule has 0 unspecified atom stereocenters. The van der Waals surface area contributed by atoms with Crippen LogP contribution in [0, 0.1) is 0 Å². The number of carbonyl (C=O) groups is 1. The highest BCUT2D eigenvalue weighted by Crippen LogP contribution is 2.33. The monoisotopic (exact) mass is 438 g/mol. The van der Waals surface area contributed by atoms with Gasteiger partial charge in [0.2, 0.25) is 0 Å². The summed E-state index contributed by atoms with van der Waals surface area (Å²) in [5, 5.41) is 2.49. The van der Waals surface area contributed by atoms with E-state index in [1.54, 1.807) is 13.3 Å². The summed E-state index contributed by atoms with van der Waals surface area (Å²) in [4.78, 5) is 20.3. The Morgan fingerprint density at radius 1 is 1.10 bits per heavy atom. The zero-order valence-corrected chi connectivity index (χ0v) is 18.3. The van der Waals surface area contributed by atoms with Gasteiger partial charge in [-0.05, 0) is 49.7 Å². The van der Waals surface area contributed by atoms with Crippen LogP contribution in [-0.2, 0) is 22.7 Å². The lowest BCUT2D eigenvalue weighted by molar-refractivity contribution is 0.0366. The van der Waals surface area contributed by atoms with E-state index >= 15 is 0 Å². The third kappa shape index (κ3) is 4.50. The number of nitrogens with one attached hydrogen (secondary N) is 1. The van der Waals surface area contributed by atoms with Crippen molar-refractivity contribution in [3.8, 4) is 5.75 Å². The van der Waals surface area contributed by atoms with E-state index in [9.17, 15) is 4.79 Å². The summed E-state index contributed by atoms with van der Waals surface area (Å²) >= 11 is 5.95. The second kappa shape index (κ2) is 8.96. The standard InChI is InChI=1S/C24H23ClN2O4/c1-14(2)31-24(28)23-19(13-29-3)22-18-10-17(8-9-20(18)27-21(22)11-26-23)30-12-15-4-6-16(25)7-5-15/h4-11,14,27H,12-13H2,1-3H3. The van der Waals surface area contributed by atoms with Crippen LogP contribution < -0.4 is 4.74 Å². The molecule has 0 atom stereocenters. The van der Waals surface area contributed by atoms with Crippen LogP contribution in [0.25, 0.3) is 21.8 Å². The smallest absolute Gasteiger partial charge is 0.357 e. The molecular weight excluding hydrogens is 416 g/mol. The number of pyridine rings is 1. The molecule has 0 saturated heterocycles. The molecule has 160 valence electrons. The molecule has 0 radical (unpaired) electrons. The van der Waals surface area contributed by atoms with Crippen LogP contribution >= 0.6 is 11.6 Å². The molecule has 2 heterocycles. The third-order valence-corrected chi connectivity index (χ3v) is 5.10. The largest absolute Gasteiger partial charge is 0.489 e. The summed E-state index contributed by atoms with van der Waals surface area (Å²) in [5.41, 5.74) is 3.70. The van der Waals surface area contributed by atoms with Gasteiger partial charge in [0.25, 0.3) is 0 Å². The van der Waals surface area contributed by atoms with Crippen molar-refractivity contribution in [2.45, 2.75) is 33.2 Å². The van der Waals surface area contributed by atoms with Crippen LogP contribution in [0.5, 0.6) is 5.75 Å². The first kappa shape index (κ1) is 21.2. The summed E-state index contributed by atoms with van der Waals surface area (Å²) in [7, 11) is 1.59. The zero-order valence-electron chi connectivity index (χ0n) is 17.6. The molecule has 31 heavy (non-hydrogen) atoms.